The van der Waals surface area contributed by atoms with E-state index in [2.05, 4.69) is 10.6 Å². The van der Waals surface area contributed by atoms with Crippen molar-refractivity contribution in [3.8, 4) is 5.75 Å². The van der Waals surface area contributed by atoms with Crippen LogP contribution in [0.4, 0.5) is 4.79 Å². The van der Waals surface area contributed by atoms with Crippen molar-refractivity contribution in [1.29, 1.82) is 0 Å². The Morgan fingerprint density at radius 3 is 2.33 bits per heavy atom. The Balaban J connectivity index is 1.93. The summed E-state index contributed by atoms with van der Waals surface area (Å²) in [5.74, 6) is -0.176. The van der Waals surface area contributed by atoms with Crippen molar-refractivity contribution in [3.63, 3.8) is 0 Å². The van der Waals surface area contributed by atoms with Crippen molar-refractivity contribution < 1.29 is 19.4 Å². The molecular formula is C18H20N2O4. The summed E-state index contributed by atoms with van der Waals surface area (Å²) >= 11 is 0. The van der Waals surface area contributed by atoms with Gasteiger partial charge in [0.05, 0.1) is 0 Å². The number of nitrogens with one attached hydrogen (secondary N) is 2. The Morgan fingerprint density at radius 2 is 1.71 bits per heavy atom. The maximum absolute atomic E-state index is 12.0. The summed E-state index contributed by atoms with van der Waals surface area (Å²) in [5.41, 5.74) is 1.67. The molecule has 126 valence electrons. The van der Waals surface area contributed by atoms with E-state index in [0.29, 0.717) is 6.42 Å². The number of rotatable bonds is 6. The lowest BCUT2D eigenvalue weighted by Gasteiger charge is -2.17. The van der Waals surface area contributed by atoms with Crippen LogP contribution in [0, 0.1) is 0 Å². The van der Waals surface area contributed by atoms with Crippen LogP contribution >= 0.6 is 0 Å². The predicted molar refractivity (Wildman–Crippen MR) is 89.4 cm³/mol. The number of aromatic hydroxyl groups is 1. The fourth-order valence-corrected chi connectivity index (χ4v) is 2.16. The average Bonchev–Trinajstić information content (AvgIpc) is 2.61. The second-order valence-corrected chi connectivity index (χ2v) is 5.24. The molecule has 0 radical (unpaired) electrons. The van der Waals surface area contributed by atoms with Crippen molar-refractivity contribution >= 4 is 12.0 Å². The molecule has 2 rings (SSSR count). The fraction of sp³-hybridized carbons (Fsp3) is 0.222. The van der Waals surface area contributed by atoms with Gasteiger partial charge in [-0.2, -0.15) is 0 Å². The molecule has 0 bridgehead atoms. The molecule has 0 saturated carbocycles. The summed E-state index contributed by atoms with van der Waals surface area (Å²) in [4.78, 5) is 23.9. The van der Waals surface area contributed by atoms with Gasteiger partial charge in [-0.25, -0.2) is 4.79 Å². The first-order chi connectivity index (χ1) is 11.6. The van der Waals surface area contributed by atoms with E-state index >= 15 is 0 Å². The molecule has 0 spiro atoms. The summed E-state index contributed by atoms with van der Waals surface area (Å²) in [6.45, 7) is 0.131. The van der Waals surface area contributed by atoms with Crippen molar-refractivity contribution in [2.45, 2.75) is 19.1 Å². The van der Waals surface area contributed by atoms with Crippen LogP contribution < -0.4 is 10.6 Å². The molecule has 0 unspecified atom stereocenters. The van der Waals surface area contributed by atoms with E-state index in [1.54, 1.807) is 12.1 Å². The fourth-order valence-electron chi connectivity index (χ4n) is 2.16. The zero-order chi connectivity index (χ0) is 17.4. The maximum Gasteiger partial charge on any atom is 0.408 e. The number of hydrogen-bond acceptors (Lipinski definition) is 4. The van der Waals surface area contributed by atoms with Gasteiger partial charge in [0, 0.05) is 13.5 Å². The van der Waals surface area contributed by atoms with Crippen molar-refractivity contribution in [3.05, 3.63) is 65.7 Å². The largest absolute Gasteiger partial charge is 0.508 e. The number of carbonyl (C=O) groups excluding carboxylic acids is 2. The van der Waals surface area contributed by atoms with Crippen LogP contribution in [0.15, 0.2) is 54.6 Å². The van der Waals surface area contributed by atoms with Crippen LogP contribution in [-0.4, -0.2) is 30.2 Å². The summed E-state index contributed by atoms with van der Waals surface area (Å²) < 4.78 is 5.14. The van der Waals surface area contributed by atoms with Gasteiger partial charge in [-0.15, -0.1) is 0 Å². The lowest BCUT2D eigenvalue weighted by Crippen LogP contribution is -2.47. The van der Waals surface area contributed by atoms with Gasteiger partial charge < -0.3 is 20.5 Å². The molecule has 0 aliphatic carbocycles. The van der Waals surface area contributed by atoms with Crippen LogP contribution in [-0.2, 0) is 22.6 Å². The van der Waals surface area contributed by atoms with Crippen molar-refractivity contribution in [2.75, 3.05) is 7.05 Å². The van der Waals surface area contributed by atoms with Crippen LogP contribution in [0.1, 0.15) is 11.1 Å². The van der Waals surface area contributed by atoms with E-state index in [1.165, 1.54) is 19.2 Å². The molecule has 0 aliphatic heterocycles. The first-order valence-corrected chi connectivity index (χ1v) is 7.55. The normalized spacial score (nSPS) is 11.4. The number of ether oxygens (including phenoxy) is 1. The Kier molecular flexibility index (Phi) is 6.19. The minimum absolute atomic E-state index is 0.131. The molecular weight excluding hydrogens is 308 g/mol. The van der Waals surface area contributed by atoms with E-state index in [9.17, 15) is 14.7 Å². The van der Waals surface area contributed by atoms with E-state index in [4.69, 9.17) is 4.74 Å². The molecule has 3 N–H and O–H groups in total. The van der Waals surface area contributed by atoms with Crippen molar-refractivity contribution in [1.82, 2.24) is 10.6 Å². The van der Waals surface area contributed by atoms with Crippen LogP contribution in [0.25, 0.3) is 0 Å². The molecule has 6 heteroatoms. The van der Waals surface area contributed by atoms with Gasteiger partial charge in [0.2, 0.25) is 5.91 Å². The summed E-state index contributed by atoms with van der Waals surface area (Å²) in [7, 11) is 1.50. The Bertz CT molecular complexity index is 671. The smallest absolute Gasteiger partial charge is 0.408 e. The second-order valence-electron chi connectivity index (χ2n) is 5.24. The third-order valence-corrected chi connectivity index (χ3v) is 3.44. The number of phenolic OH excluding ortho intramolecular Hbond substituents is 1. The zero-order valence-electron chi connectivity index (χ0n) is 13.4. The third-order valence-electron chi connectivity index (χ3n) is 3.44. The molecule has 2 amide bonds. The van der Waals surface area contributed by atoms with Gasteiger partial charge in [-0.3, -0.25) is 4.79 Å². The molecule has 24 heavy (non-hydrogen) atoms. The predicted octanol–water partition coefficient (Wildman–Crippen LogP) is 1.98. The number of alkyl carbamates (subject to hydrolysis) is 1. The molecule has 0 saturated heterocycles. The SMILES string of the molecule is CNC(=O)[C@H](Cc1ccc(O)cc1)NC(=O)OCc1ccccc1. The van der Waals surface area contributed by atoms with Crippen molar-refractivity contribution in [2.24, 2.45) is 0 Å². The molecule has 0 aromatic heterocycles. The number of hydrogen-bond donors (Lipinski definition) is 3. The van der Waals surface area contributed by atoms with E-state index < -0.39 is 12.1 Å². The number of phenols is 1. The van der Waals surface area contributed by atoms with Gasteiger partial charge >= 0.3 is 6.09 Å². The lowest BCUT2D eigenvalue weighted by molar-refractivity contribution is -0.122. The van der Waals surface area contributed by atoms with Gasteiger partial charge in [-0.1, -0.05) is 42.5 Å². The zero-order valence-corrected chi connectivity index (χ0v) is 13.4. The maximum atomic E-state index is 12.0. The second kappa shape index (κ2) is 8.57. The van der Waals surface area contributed by atoms with Crippen LogP contribution in [0.3, 0.4) is 0 Å². The quantitative estimate of drug-likeness (QED) is 0.756. The Hall–Kier alpha value is -3.02. The molecule has 1 atom stereocenters. The Labute approximate surface area is 140 Å². The minimum Gasteiger partial charge on any atom is -0.508 e. The highest BCUT2D eigenvalue weighted by molar-refractivity contribution is 5.85. The monoisotopic (exact) mass is 328 g/mol. The van der Waals surface area contributed by atoms with E-state index in [0.717, 1.165) is 11.1 Å². The highest BCUT2D eigenvalue weighted by Crippen LogP contribution is 2.11. The van der Waals surface area contributed by atoms with Crippen LogP contribution in [0.2, 0.25) is 0 Å². The van der Waals surface area contributed by atoms with E-state index in [-0.39, 0.29) is 18.3 Å². The number of benzene rings is 2. The molecule has 2 aromatic rings. The van der Waals surface area contributed by atoms with E-state index in [1.807, 2.05) is 30.3 Å². The van der Waals surface area contributed by atoms with Gasteiger partial charge in [0.1, 0.15) is 18.4 Å². The first-order valence-electron chi connectivity index (χ1n) is 7.55. The molecule has 6 nitrogen and oxygen atoms in total. The summed E-state index contributed by atoms with van der Waals surface area (Å²) in [6, 6.07) is 15.0. The number of likely N-dealkylation sites (N-methyl/N-ethyl adjacent to an activating group) is 1. The third kappa shape index (κ3) is 5.31. The number of carbonyl (C=O) groups is 2. The standard InChI is InChI=1S/C18H20N2O4/c1-19-17(22)16(11-13-7-9-15(21)10-8-13)20-18(23)24-12-14-5-3-2-4-6-14/h2-10,16,21H,11-12H2,1H3,(H,19,22)(H,20,23)/t16-/m0/s1. The lowest BCUT2D eigenvalue weighted by atomic mass is 10.1. The molecule has 0 heterocycles. The van der Waals surface area contributed by atoms with Crippen LogP contribution in [0.5, 0.6) is 5.75 Å². The Morgan fingerprint density at radius 1 is 1.04 bits per heavy atom. The highest BCUT2D eigenvalue weighted by Gasteiger charge is 2.21. The first kappa shape index (κ1) is 17.3. The topological polar surface area (TPSA) is 87.7 Å². The summed E-state index contributed by atoms with van der Waals surface area (Å²) in [5, 5.41) is 14.4. The molecule has 0 fully saturated rings. The molecule has 2 aromatic carbocycles. The molecule has 0 aliphatic rings. The average molecular weight is 328 g/mol. The highest BCUT2D eigenvalue weighted by atomic mass is 16.5. The van der Waals surface area contributed by atoms with Gasteiger partial charge in [0.15, 0.2) is 0 Å². The summed E-state index contributed by atoms with van der Waals surface area (Å²) in [6.07, 6.45) is -0.369. The van der Waals surface area contributed by atoms with Gasteiger partial charge in [0.25, 0.3) is 0 Å². The van der Waals surface area contributed by atoms with Gasteiger partial charge in [-0.05, 0) is 23.3 Å². The minimum atomic E-state index is -0.761. The number of amides is 2.